The molecule has 0 unspecified atom stereocenters. The molecule has 0 aliphatic heterocycles. The molecule has 0 aliphatic rings. The Bertz CT molecular complexity index is 837. The molecule has 0 atom stereocenters. The largest absolute Gasteiger partial charge is 0.343 e. The van der Waals surface area contributed by atoms with E-state index in [2.05, 4.69) is 0 Å². The summed E-state index contributed by atoms with van der Waals surface area (Å²) in [7, 11) is 0. The van der Waals surface area contributed by atoms with Crippen LogP contribution < -0.4 is 0 Å². The summed E-state index contributed by atoms with van der Waals surface area (Å²) in [5.74, 6) is -3.04. The standard InChI is InChI=1S/C16H11F3N2/c17-12-6-11(16(19)14(18)7-12)9-21-5-4-13-10(8-20)2-1-3-15(13)21/h1-8,20H,9H2. The van der Waals surface area contributed by atoms with Gasteiger partial charge in [0, 0.05) is 40.5 Å². The lowest BCUT2D eigenvalue weighted by Crippen LogP contribution is -2.03. The van der Waals surface area contributed by atoms with Crippen LogP contribution in [-0.4, -0.2) is 10.8 Å². The van der Waals surface area contributed by atoms with E-state index < -0.39 is 17.5 Å². The third kappa shape index (κ3) is 2.31. The van der Waals surface area contributed by atoms with Gasteiger partial charge < -0.3 is 9.98 Å². The van der Waals surface area contributed by atoms with E-state index >= 15 is 0 Å². The summed E-state index contributed by atoms with van der Waals surface area (Å²) in [5, 5.41) is 8.19. The first-order valence-corrected chi connectivity index (χ1v) is 6.32. The Morgan fingerprint density at radius 2 is 1.90 bits per heavy atom. The van der Waals surface area contributed by atoms with Crippen LogP contribution in [0.3, 0.4) is 0 Å². The molecule has 21 heavy (non-hydrogen) atoms. The maximum atomic E-state index is 13.7. The van der Waals surface area contributed by atoms with Crippen LogP contribution in [0.1, 0.15) is 11.1 Å². The van der Waals surface area contributed by atoms with Crippen molar-refractivity contribution in [2.75, 3.05) is 0 Å². The number of fused-ring (bicyclic) bond motifs is 1. The molecule has 0 saturated heterocycles. The molecule has 0 bridgehead atoms. The SMILES string of the molecule is N=Cc1cccc2c1ccn2Cc1cc(F)cc(F)c1F. The molecule has 3 rings (SSSR count). The second-order valence-corrected chi connectivity index (χ2v) is 4.73. The van der Waals surface area contributed by atoms with Crippen molar-refractivity contribution in [3.05, 3.63) is 71.2 Å². The average Bonchev–Trinajstić information content (AvgIpc) is 2.87. The van der Waals surface area contributed by atoms with Crippen molar-refractivity contribution in [3.8, 4) is 0 Å². The Kier molecular flexibility index (Phi) is 3.25. The Balaban J connectivity index is 2.09. The van der Waals surface area contributed by atoms with Gasteiger partial charge in [0.15, 0.2) is 11.6 Å². The highest BCUT2D eigenvalue weighted by Crippen LogP contribution is 2.22. The molecule has 1 aromatic heterocycles. The highest BCUT2D eigenvalue weighted by molar-refractivity contribution is 5.97. The molecule has 0 aliphatic carbocycles. The van der Waals surface area contributed by atoms with Gasteiger partial charge in [-0.25, -0.2) is 13.2 Å². The van der Waals surface area contributed by atoms with Crippen LogP contribution in [0.2, 0.25) is 0 Å². The fraction of sp³-hybridized carbons (Fsp3) is 0.0625. The van der Waals surface area contributed by atoms with Crippen LogP contribution in [0.5, 0.6) is 0 Å². The van der Waals surface area contributed by atoms with Crippen molar-refractivity contribution in [1.29, 1.82) is 5.41 Å². The molecule has 0 fully saturated rings. The summed E-state index contributed by atoms with van der Waals surface area (Å²) < 4.78 is 41.9. The predicted octanol–water partition coefficient (Wildman–Crippen LogP) is 4.10. The van der Waals surface area contributed by atoms with Crippen LogP contribution in [0.25, 0.3) is 10.9 Å². The Hall–Kier alpha value is -2.56. The van der Waals surface area contributed by atoms with Gasteiger partial charge in [-0.3, -0.25) is 0 Å². The molecule has 0 spiro atoms. The normalized spacial score (nSPS) is 11.0. The number of hydrogen-bond acceptors (Lipinski definition) is 1. The third-order valence-electron chi connectivity index (χ3n) is 3.41. The minimum Gasteiger partial charge on any atom is -0.343 e. The molecule has 0 saturated carbocycles. The summed E-state index contributed by atoms with van der Waals surface area (Å²) >= 11 is 0. The van der Waals surface area contributed by atoms with E-state index in [4.69, 9.17) is 5.41 Å². The van der Waals surface area contributed by atoms with Gasteiger partial charge in [-0.1, -0.05) is 12.1 Å². The smallest absolute Gasteiger partial charge is 0.164 e. The molecule has 3 aromatic rings. The Labute approximate surface area is 119 Å². The average molecular weight is 288 g/mol. The molecule has 0 radical (unpaired) electrons. The monoisotopic (exact) mass is 288 g/mol. The van der Waals surface area contributed by atoms with Crippen molar-refractivity contribution in [3.63, 3.8) is 0 Å². The van der Waals surface area contributed by atoms with Crippen LogP contribution in [0, 0.1) is 22.9 Å². The number of benzene rings is 2. The van der Waals surface area contributed by atoms with E-state index in [1.807, 2.05) is 6.07 Å². The molecule has 1 heterocycles. The Morgan fingerprint density at radius 1 is 1.10 bits per heavy atom. The number of nitrogens with zero attached hydrogens (tertiary/aromatic N) is 1. The van der Waals surface area contributed by atoms with Crippen molar-refractivity contribution in [2.45, 2.75) is 6.54 Å². The first-order chi connectivity index (χ1) is 10.1. The predicted molar refractivity (Wildman–Crippen MR) is 75.2 cm³/mol. The molecule has 5 heteroatoms. The number of rotatable bonds is 3. The molecule has 1 N–H and O–H groups in total. The van der Waals surface area contributed by atoms with Crippen LogP contribution in [-0.2, 0) is 6.54 Å². The summed E-state index contributed by atoms with van der Waals surface area (Å²) in [6.07, 6.45) is 2.94. The topological polar surface area (TPSA) is 28.8 Å². The zero-order chi connectivity index (χ0) is 15.0. The molecule has 106 valence electrons. The summed E-state index contributed by atoms with van der Waals surface area (Å²) in [5.41, 5.74) is 1.46. The van der Waals surface area contributed by atoms with Crippen LogP contribution in [0.15, 0.2) is 42.6 Å². The molecule has 2 aromatic carbocycles. The highest BCUT2D eigenvalue weighted by Gasteiger charge is 2.13. The number of aromatic nitrogens is 1. The van der Waals surface area contributed by atoms with Crippen molar-refractivity contribution < 1.29 is 13.2 Å². The van der Waals surface area contributed by atoms with Gasteiger partial charge >= 0.3 is 0 Å². The minimum atomic E-state index is -1.19. The number of hydrogen-bond donors (Lipinski definition) is 1. The van der Waals surface area contributed by atoms with Gasteiger partial charge in [-0.15, -0.1) is 0 Å². The van der Waals surface area contributed by atoms with E-state index in [9.17, 15) is 13.2 Å². The second kappa shape index (κ2) is 5.09. The summed E-state index contributed by atoms with van der Waals surface area (Å²) in [6.45, 7) is 0.0193. The first kappa shape index (κ1) is 13.4. The first-order valence-electron chi connectivity index (χ1n) is 6.32. The Morgan fingerprint density at radius 3 is 2.67 bits per heavy atom. The molecular weight excluding hydrogens is 277 g/mol. The minimum absolute atomic E-state index is 0.0193. The fourth-order valence-electron chi connectivity index (χ4n) is 2.42. The maximum Gasteiger partial charge on any atom is 0.164 e. The van der Waals surface area contributed by atoms with Gasteiger partial charge in [-0.05, 0) is 18.2 Å². The zero-order valence-corrected chi connectivity index (χ0v) is 10.9. The molecular formula is C16H11F3N2. The van der Waals surface area contributed by atoms with E-state index in [0.717, 1.165) is 22.5 Å². The maximum absolute atomic E-state index is 13.7. The van der Waals surface area contributed by atoms with Crippen LogP contribution in [0.4, 0.5) is 13.2 Å². The van der Waals surface area contributed by atoms with Gasteiger partial charge in [-0.2, -0.15) is 0 Å². The summed E-state index contributed by atoms with van der Waals surface area (Å²) in [6, 6.07) is 8.70. The van der Waals surface area contributed by atoms with Gasteiger partial charge in [0.2, 0.25) is 0 Å². The van der Waals surface area contributed by atoms with Crippen molar-refractivity contribution >= 4 is 17.1 Å². The highest BCUT2D eigenvalue weighted by atomic mass is 19.2. The van der Waals surface area contributed by atoms with Gasteiger partial charge in [0.05, 0.1) is 6.54 Å². The van der Waals surface area contributed by atoms with Gasteiger partial charge in [0.1, 0.15) is 5.82 Å². The van der Waals surface area contributed by atoms with E-state index in [1.54, 1.807) is 29.0 Å². The quantitative estimate of drug-likeness (QED) is 0.555. The van der Waals surface area contributed by atoms with E-state index in [1.165, 1.54) is 6.21 Å². The van der Waals surface area contributed by atoms with E-state index in [-0.39, 0.29) is 12.1 Å². The van der Waals surface area contributed by atoms with Crippen molar-refractivity contribution in [1.82, 2.24) is 4.57 Å². The van der Waals surface area contributed by atoms with Gasteiger partial charge in [0.25, 0.3) is 0 Å². The van der Waals surface area contributed by atoms with E-state index in [0.29, 0.717) is 6.07 Å². The zero-order valence-electron chi connectivity index (χ0n) is 10.9. The molecule has 0 amide bonds. The number of nitrogens with one attached hydrogen (secondary N) is 1. The third-order valence-corrected chi connectivity index (χ3v) is 3.41. The summed E-state index contributed by atoms with van der Waals surface area (Å²) in [4.78, 5) is 0. The second-order valence-electron chi connectivity index (χ2n) is 4.73. The molecule has 2 nitrogen and oxygen atoms in total. The fourth-order valence-corrected chi connectivity index (χ4v) is 2.42. The number of halogens is 3. The van der Waals surface area contributed by atoms with Crippen LogP contribution >= 0.6 is 0 Å². The lowest BCUT2D eigenvalue weighted by Gasteiger charge is -2.08. The van der Waals surface area contributed by atoms with Crippen molar-refractivity contribution in [2.24, 2.45) is 0 Å². The lowest BCUT2D eigenvalue weighted by atomic mass is 10.1. The lowest BCUT2D eigenvalue weighted by molar-refractivity contribution is 0.482.